The Hall–Kier alpha value is -1.76. The number of rotatable bonds is 5. The molecule has 1 atom stereocenters. The predicted molar refractivity (Wildman–Crippen MR) is 82.3 cm³/mol. The van der Waals surface area contributed by atoms with E-state index >= 15 is 0 Å². The van der Waals surface area contributed by atoms with Crippen molar-refractivity contribution in [3.8, 4) is 0 Å². The molecule has 7 heteroatoms. The largest absolute Gasteiger partial charge is 0.342 e. The van der Waals surface area contributed by atoms with Crippen molar-refractivity contribution < 1.29 is 9.59 Å². The number of nitrogens with zero attached hydrogens (tertiary/aromatic N) is 4. The highest BCUT2D eigenvalue weighted by Crippen LogP contribution is 2.30. The fourth-order valence-electron chi connectivity index (χ4n) is 2.22. The van der Waals surface area contributed by atoms with Crippen LogP contribution in [0.5, 0.6) is 0 Å². The van der Waals surface area contributed by atoms with Gasteiger partial charge in [-0.25, -0.2) is 0 Å². The molecule has 21 heavy (non-hydrogen) atoms. The van der Waals surface area contributed by atoms with Crippen LogP contribution in [0.2, 0.25) is 0 Å². The Morgan fingerprint density at radius 1 is 1.57 bits per heavy atom. The van der Waals surface area contributed by atoms with Crippen molar-refractivity contribution in [2.24, 2.45) is 5.92 Å². The summed E-state index contributed by atoms with van der Waals surface area (Å²) in [5, 5.41) is 9.66. The van der Waals surface area contributed by atoms with Gasteiger partial charge in [0.2, 0.25) is 16.9 Å². The van der Waals surface area contributed by atoms with E-state index in [-0.39, 0.29) is 30.1 Å². The SMILES string of the molecule is C=CCN(C)C(=O)C1CC(=O)N(c2nnc(C(C)C)s2)C1. The minimum absolute atomic E-state index is 0.0284. The molecule has 2 amide bonds. The smallest absolute Gasteiger partial charge is 0.229 e. The lowest BCUT2D eigenvalue weighted by Crippen LogP contribution is -2.34. The van der Waals surface area contributed by atoms with Gasteiger partial charge in [-0.15, -0.1) is 16.8 Å². The Balaban J connectivity index is 2.08. The molecule has 6 nitrogen and oxygen atoms in total. The van der Waals surface area contributed by atoms with E-state index in [0.717, 1.165) is 5.01 Å². The molecule has 1 aliphatic heterocycles. The lowest BCUT2D eigenvalue weighted by Gasteiger charge is -2.19. The Bertz CT molecular complexity index is 555. The third-order valence-corrected chi connectivity index (χ3v) is 4.66. The van der Waals surface area contributed by atoms with E-state index in [4.69, 9.17) is 0 Å². The molecule has 0 aliphatic carbocycles. The lowest BCUT2D eigenvalue weighted by molar-refractivity contribution is -0.134. The van der Waals surface area contributed by atoms with Crippen LogP contribution in [0.4, 0.5) is 5.13 Å². The van der Waals surface area contributed by atoms with E-state index in [0.29, 0.717) is 18.2 Å². The second-order valence-electron chi connectivity index (χ2n) is 5.49. The van der Waals surface area contributed by atoms with Crippen molar-refractivity contribution in [3.63, 3.8) is 0 Å². The first kappa shape index (κ1) is 15.6. The van der Waals surface area contributed by atoms with Crippen molar-refractivity contribution in [1.29, 1.82) is 0 Å². The van der Waals surface area contributed by atoms with Crippen LogP contribution in [0.3, 0.4) is 0 Å². The third kappa shape index (κ3) is 3.29. The molecule has 0 saturated carbocycles. The molecular formula is C14H20N4O2S. The Morgan fingerprint density at radius 2 is 2.29 bits per heavy atom. The van der Waals surface area contributed by atoms with Crippen LogP contribution in [0.15, 0.2) is 12.7 Å². The monoisotopic (exact) mass is 308 g/mol. The summed E-state index contributed by atoms with van der Waals surface area (Å²) in [7, 11) is 1.72. The standard InChI is InChI=1S/C14H20N4O2S/c1-5-6-17(4)13(20)10-7-11(19)18(8-10)14-16-15-12(21-14)9(2)3/h5,9-10H,1,6-8H2,2-4H3. The highest BCUT2D eigenvalue weighted by Gasteiger charge is 2.37. The lowest BCUT2D eigenvalue weighted by atomic mass is 10.1. The first-order valence-electron chi connectivity index (χ1n) is 6.93. The molecule has 2 heterocycles. The fourth-order valence-corrected chi connectivity index (χ4v) is 3.09. The summed E-state index contributed by atoms with van der Waals surface area (Å²) in [6.45, 7) is 8.55. The van der Waals surface area contributed by atoms with Gasteiger partial charge in [-0.1, -0.05) is 31.3 Å². The zero-order valence-electron chi connectivity index (χ0n) is 12.6. The highest BCUT2D eigenvalue weighted by molar-refractivity contribution is 7.15. The minimum atomic E-state index is -0.311. The number of carbonyl (C=O) groups is 2. The van der Waals surface area contributed by atoms with Gasteiger partial charge in [0, 0.05) is 32.5 Å². The van der Waals surface area contributed by atoms with Gasteiger partial charge in [0.25, 0.3) is 0 Å². The summed E-state index contributed by atoms with van der Waals surface area (Å²) in [5.74, 6) is -0.120. The van der Waals surface area contributed by atoms with E-state index in [9.17, 15) is 9.59 Å². The first-order chi connectivity index (χ1) is 9.93. The maximum atomic E-state index is 12.2. The third-order valence-electron chi connectivity index (χ3n) is 3.41. The van der Waals surface area contributed by atoms with Gasteiger partial charge in [0.15, 0.2) is 0 Å². The van der Waals surface area contributed by atoms with Crippen molar-refractivity contribution in [2.45, 2.75) is 26.2 Å². The van der Waals surface area contributed by atoms with Crippen LogP contribution < -0.4 is 4.90 Å². The van der Waals surface area contributed by atoms with E-state index < -0.39 is 0 Å². The van der Waals surface area contributed by atoms with E-state index in [2.05, 4.69) is 16.8 Å². The predicted octanol–water partition coefficient (Wildman–Crippen LogP) is 1.66. The molecule has 1 unspecified atom stereocenters. The molecule has 1 fully saturated rings. The molecule has 1 aromatic heterocycles. The van der Waals surface area contributed by atoms with E-state index in [1.807, 2.05) is 13.8 Å². The zero-order valence-corrected chi connectivity index (χ0v) is 13.4. The average molecular weight is 308 g/mol. The molecule has 0 N–H and O–H groups in total. The highest BCUT2D eigenvalue weighted by atomic mass is 32.1. The van der Waals surface area contributed by atoms with Crippen LogP contribution in [-0.2, 0) is 9.59 Å². The number of likely N-dealkylation sites (N-methyl/N-ethyl adjacent to an activating group) is 1. The second-order valence-corrected chi connectivity index (χ2v) is 6.48. The van der Waals surface area contributed by atoms with Gasteiger partial charge in [-0.2, -0.15) is 0 Å². The average Bonchev–Trinajstić information content (AvgIpc) is 3.04. The van der Waals surface area contributed by atoms with Gasteiger partial charge >= 0.3 is 0 Å². The zero-order chi connectivity index (χ0) is 15.6. The maximum absolute atomic E-state index is 12.2. The molecule has 1 aromatic rings. The van der Waals surface area contributed by atoms with Crippen LogP contribution in [0.25, 0.3) is 0 Å². The normalized spacial score (nSPS) is 18.4. The van der Waals surface area contributed by atoms with Gasteiger partial charge in [-0.05, 0) is 0 Å². The van der Waals surface area contributed by atoms with Gasteiger partial charge in [0.1, 0.15) is 5.01 Å². The molecule has 1 aliphatic rings. The molecular weight excluding hydrogens is 288 g/mol. The number of carbonyl (C=O) groups excluding carboxylic acids is 2. The molecule has 0 bridgehead atoms. The summed E-state index contributed by atoms with van der Waals surface area (Å²) in [6, 6.07) is 0. The Morgan fingerprint density at radius 3 is 2.86 bits per heavy atom. The number of hydrogen-bond donors (Lipinski definition) is 0. The second kappa shape index (κ2) is 6.34. The summed E-state index contributed by atoms with van der Waals surface area (Å²) in [5.41, 5.74) is 0. The van der Waals surface area contributed by atoms with Crippen LogP contribution in [-0.4, -0.2) is 47.0 Å². The minimum Gasteiger partial charge on any atom is -0.342 e. The maximum Gasteiger partial charge on any atom is 0.229 e. The van der Waals surface area contributed by atoms with Crippen LogP contribution in [0.1, 0.15) is 31.2 Å². The Labute approximate surface area is 128 Å². The number of amides is 2. The van der Waals surface area contributed by atoms with Crippen molar-refractivity contribution in [3.05, 3.63) is 17.7 Å². The number of anilines is 1. The molecule has 1 saturated heterocycles. The number of hydrogen-bond acceptors (Lipinski definition) is 5. The van der Waals surface area contributed by atoms with E-state index in [1.54, 1.807) is 22.9 Å². The van der Waals surface area contributed by atoms with Crippen molar-refractivity contribution in [2.75, 3.05) is 25.0 Å². The van der Waals surface area contributed by atoms with Crippen molar-refractivity contribution in [1.82, 2.24) is 15.1 Å². The first-order valence-corrected chi connectivity index (χ1v) is 7.75. The number of aromatic nitrogens is 2. The molecule has 0 radical (unpaired) electrons. The Kier molecular flexibility index (Phi) is 4.72. The molecule has 2 rings (SSSR count). The topological polar surface area (TPSA) is 66.4 Å². The van der Waals surface area contributed by atoms with Crippen LogP contribution in [0, 0.1) is 5.92 Å². The quantitative estimate of drug-likeness (QED) is 0.776. The van der Waals surface area contributed by atoms with Gasteiger partial charge in [0.05, 0.1) is 5.92 Å². The summed E-state index contributed by atoms with van der Waals surface area (Å²) >= 11 is 1.42. The molecule has 114 valence electrons. The van der Waals surface area contributed by atoms with E-state index in [1.165, 1.54) is 11.3 Å². The van der Waals surface area contributed by atoms with Crippen molar-refractivity contribution >= 4 is 28.3 Å². The van der Waals surface area contributed by atoms with Gasteiger partial charge < -0.3 is 4.90 Å². The summed E-state index contributed by atoms with van der Waals surface area (Å²) in [4.78, 5) is 27.5. The summed E-state index contributed by atoms with van der Waals surface area (Å²) < 4.78 is 0. The molecule has 0 spiro atoms. The molecule has 0 aromatic carbocycles. The summed E-state index contributed by atoms with van der Waals surface area (Å²) in [6.07, 6.45) is 1.91. The fraction of sp³-hybridized carbons (Fsp3) is 0.571. The van der Waals surface area contributed by atoms with Gasteiger partial charge in [-0.3, -0.25) is 14.5 Å². The van der Waals surface area contributed by atoms with Crippen LogP contribution >= 0.6 is 11.3 Å².